The second-order valence-corrected chi connectivity index (χ2v) is 6.27. The van der Waals surface area contributed by atoms with Crippen LogP contribution < -0.4 is 9.64 Å². The van der Waals surface area contributed by atoms with E-state index >= 15 is 0 Å². The highest BCUT2D eigenvalue weighted by molar-refractivity contribution is 5.87. The van der Waals surface area contributed by atoms with Gasteiger partial charge in [0.1, 0.15) is 17.8 Å². The van der Waals surface area contributed by atoms with E-state index in [9.17, 15) is 0 Å². The zero-order chi connectivity index (χ0) is 16.4. The topological polar surface area (TPSA) is 56.1 Å². The lowest BCUT2D eigenvalue weighted by Gasteiger charge is -2.32. The predicted octanol–water partition coefficient (Wildman–Crippen LogP) is 2.66. The maximum atomic E-state index is 5.80. The van der Waals surface area contributed by atoms with Gasteiger partial charge >= 0.3 is 0 Å². The van der Waals surface area contributed by atoms with Crippen LogP contribution in [-0.2, 0) is 7.05 Å². The smallest absolute Gasteiger partial charge is 0.213 e. The molecule has 1 fully saturated rings. The molecule has 1 aliphatic rings. The highest BCUT2D eigenvalue weighted by atomic mass is 16.5. The Morgan fingerprint density at radius 3 is 2.79 bits per heavy atom. The molecular formula is C18H21N5O. The molecule has 0 saturated carbocycles. The lowest BCUT2D eigenvalue weighted by Crippen LogP contribution is -2.36. The Kier molecular flexibility index (Phi) is 4.02. The Bertz CT molecular complexity index is 809. The summed E-state index contributed by atoms with van der Waals surface area (Å²) in [5, 5.41) is 1.13. The van der Waals surface area contributed by atoms with E-state index in [1.165, 1.54) is 0 Å². The number of hydrogen-bond donors (Lipinski definition) is 0. The van der Waals surface area contributed by atoms with Crippen molar-refractivity contribution in [2.45, 2.75) is 12.8 Å². The molecule has 0 spiro atoms. The number of aromatic nitrogens is 4. The largest absolute Gasteiger partial charge is 0.477 e. The molecule has 1 aliphatic heterocycles. The quantitative estimate of drug-likeness (QED) is 0.739. The SMILES string of the molecule is Cn1ccc2c(N3CCC(COc4ccccn4)CC3)ncnc21. The molecule has 3 aromatic rings. The molecule has 0 aliphatic carbocycles. The monoisotopic (exact) mass is 323 g/mol. The molecule has 0 aromatic carbocycles. The number of hydrogen-bond acceptors (Lipinski definition) is 5. The fourth-order valence-electron chi connectivity index (χ4n) is 3.26. The van der Waals surface area contributed by atoms with Gasteiger partial charge in [-0.3, -0.25) is 0 Å². The van der Waals surface area contributed by atoms with Gasteiger partial charge in [-0.1, -0.05) is 6.07 Å². The van der Waals surface area contributed by atoms with Gasteiger partial charge < -0.3 is 14.2 Å². The third kappa shape index (κ3) is 2.91. The van der Waals surface area contributed by atoms with Crippen molar-refractivity contribution in [1.29, 1.82) is 0 Å². The molecule has 3 aromatic heterocycles. The highest BCUT2D eigenvalue weighted by Crippen LogP contribution is 2.27. The normalized spacial score (nSPS) is 15.8. The number of anilines is 1. The molecule has 24 heavy (non-hydrogen) atoms. The number of pyridine rings is 1. The molecule has 4 heterocycles. The molecule has 6 nitrogen and oxygen atoms in total. The van der Waals surface area contributed by atoms with E-state index in [4.69, 9.17) is 4.74 Å². The first-order valence-corrected chi connectivity index (χ1v) is 8.36. The van der Waals surface area contributed by atoms with Crippen molar-refractivity contribution >= 4 is 16.9 Å². The molecule has 6 heteroatoms. The van der Waals surface area contributed by atoms with Crippen LogP contribution in [0, 0.1) is 5.92 Å². The van der Waals surface area contributed by atoms with E-state index in [2.05, 4.69) is 25.9 Å². The van der Waals surface area contributed by atoms with Crippen molar-refractivity contribution in [3.05, 3.63) is 43.0 Å². The van der Waals surface area contributed by atoms with Gasteiger partial charge in [0.2, 0.25) is 5.88 Å². The molecule has 124 valence electrons. The number of aryl methyl sites for hydroxylation is 1. The highest BCUT2D eigenvalue weighted by Gasteiger charge is 2.22. The molecule has 4 rings (SSSR count). The fourth-order valence-corrected chi connectivity index (χ4v) is 3.26. The maximum Gasteiger partial charge on any atom is 0.213 e. The van der Waals surface area contributed by atoms with Crippen LogP contribution in [0.1, 0.15) is 12.8 Å². The Hall–Kier alpha value is -2.63. The molecule has 1 saturated heterocycles. The van der Waals surface area contributed by atoms with Gasteiger partial charge in [-0.2, -0.15) is 0 Å². The van der Waals surface area contributed by atoms with Crippen LogP contribution in [0.15, 0.2) is 43.0 Å². The van der Waals surface area contributed by atoms with E-state index in [0.29, 0.717) is 11.8 Å². The minimum Gasteiger partial charge on any atom is -0.477 e. The zero-order valence-electron chi connectivity index (χ0n) is 13.8. The van der Waals surface area contributed by atoms with E-state index in [-0.39, 0.29) is 0 Å². The number of piperidine rings is 1. The number of ether oxygens (including phenoxy) is 1. The summed E-state index contributed by atoms with van der Waals surface area (Å²) in [6.07, 6.45) is 7.67. The summed E-state index contributed by atoms with van der Waals surface area (Å²) in [5.74, 6) is 2.32. The zero-order valence-corrected chi connectivity index (χ0v) is 13.8. The van der Waals surface area contributed by atoms with Gasteiger partial charge in [-0.15, -0.1) is 0 Å². The minimum absolute atomic E-state index is 0.566. The predicted molar refractivity (Wildman–Crippen MR) is 93.2 cm³/mol. The lowest BCUT2D eigenvalue weighted by molar-refractivity contribution is 0.216. The van der Waals surface area contributed by atoms with Crippen LogP contribution in [-0.4, -0.2) is 39.2 Å². The summed E-state index contributed by atoms with van der Waals surface area (Å²) in [4.78, 5) is 15.5. The Labute approximate surface area is 141 Å². The van der Waals surface area contributed by atoms with Gasteiger partial charge in [0.15, 0.2) is 0 Å². The third-order valence-electron chi connectivity index (χ3n) is 4.66. The Morgan fingerprint density at radius 2 is 2.00 bits per heavy atom. The van der Waals surface area contributed by atoms with Gasteiger partial charge in [-0.05, 0) is 30.9 Å². The van der Waals surface area contributed by atoms with E-state index in [1.54, 1.807) is 12.5 Å². The van der Waals surface area contributed by atoms with Crippen molar-refractivity contribution in [1.82, 2.24) is 19.5 Å². The van der Waals surface area contributed by atoms with Crippen molar-refractivity contribution < 1.29 is 4.74 Å². The summed E-state index contributed by atoms with van der Waals surface area (Å²) in [6, 6.07) is 7.85. The van der Waals surface area contributed by atoms with Crippen LogP contribution >= 0.6 is 0 Å². The molecule has 0 radical (unpaired) electrons. The second kappa shape index (κ2) is 6.47. The van der Waals surface area contributed by atoms with Crippen LogP contribution in [0.25, 0.3) is 11.0 Å². The molecule has 0 bridgehead atoms. The number of nitrogens with zero attached hydrogens (tertiary/aromatic N) is 5. The summed E-state index contributed by atoms with van der Waals surface area (Å²) in [5.41, 5.74) is 0.987. The first-order valence-electron chi connectivity index (χ1n) is 8.36. The minimum atomic E-state index is 0.566. The van der Waals surface area contributed by atoms with Gasteiger partial charge in [0.25, 0.3) is 0 Å². The van der Waals surface area contributed by atoms with Crippen molar-refractivity contribution in [3.8, 4) is 5.88 Å². The first kappa shape index (κ1) is 14.9. The molecule has 0 atom stereocenters. The average molecular weight is 323 g/mol. The van der Waals surface area contributed by atoms with Crippen LogP contribution in [0.5, 0.6) is 5.88 Å². The Balaban J connectivity index is 1.39. The van der Waals surface area contributed by atoms with Crippen molar-refractivity contribution in [2.75, 3.05) is 24.6 Å². The van der Waals surface area contributed by atoms with Crippen LogP contribution in [0.2, 0.25) is 0 Å². The maximum absolute atomic E-state index is 5.80. The summed E-state index contributed by atoms with van der Waals surface area (Å²) in [7, 11) is 2.01. The third-order valence-corrected chi connectivity index (χ3v) is 4.66. The number of fused-ring (bicyclic) bond motifs is 1. The van der Waals surface area contributed by atoms with E-state index in [0.717, 1.165) is 49.4 Å². The Morgan fingerprint density at radius 1 is 1.12 bits per heavy atom. The first-order chi connectivity index (χ1) is 11.8. The average Bonchev–Trinajstić information content (AvgIpc) is 3.03. The summed E-state index contributed by atoms with van der Waals surface area (Å²) in [6.45, 7) is 2.73. The standard InChI is InChI=1S/C18H21N5O/c1-22-9-7-15-17(22)20-13-21-18(15)23-10-5-14(6-11-23)12-24-16-4-2-3-8-19-16/h2-4,7-9,13-14H,5-6,10-12H2,1H3. The van der Waals surface area contributed by atoms with Crippen molar-refractivity contribution in [2.24, 2.45) is 13.0 Å². The molecule has 0 N–H and O–H groups in total. The van der Waals surface area contributed by atoms with Gasteiger partial charge in [0.05, 0.1) is 12.0 Å². The van der Waals surface area contributed by atoms with E-state index in [1.807, 2.05) is 36.0 Å². The number of rotatable bonds is 4. The summed E-state index contributed by atoms with van der Waals surface area (Å²) < 4.78 is 7.84. The lowest BCUT2D eigenvalue weighted by atomic mass is 9.97. The second-order valence-electron chi connectivity index (χ2n) is 6.27. The van der Waals surface area contributed by atoms with Gasteiger partial charge in [0, 0.05) is 38.6 Å². The van der Waals surface area contributed by atoms with Crippen molar-refractivity contribution in [3.63, 3.8) is 0 Å². The van der Waals surface area contributed by atoms with Gasteiger partial charge in [-0.25, -0.2) is 15.0 Å². The fraction of sp³-hybridized carbons (Fsp3) is 0.389. The van der Waals surface area contributed by atoms with Crippen LogP contribution in [0.3, 0.4) is 0 Å². The molecule has 0 amide bonds. The van der Waals surface area contributed by atoms with Crippen LogP contribution in [0.4, 0.5) is 5.82 Å². The summed E-state index contributed by atoms with van der Waals surface area (Å²) >= 11 is 0. The molecule has 0 unspecified atom stereocenters. The van der Waals surface area contributed by atoms with E-state index < -0.39 is 0 Å². The molecular weight excluding hydrogens is 302 g/mol.